The van der Waals surface area contributed by atoms with Gasteiger partial charge in [-0.25, -0.2) is 9.97 Å². The number of carbonyl (C=O) groups excluding carboxylic acids is 1. The summed E-state index contributed by atoms with van der Waals surface area (Å²) in [5, 5.41) is 5.89. The van der Waals surface area contributed by atoms with Gasteiger partial charge in [0.1, 0.15) is 12.0 Å². The summed E-state index contributed by atoms with van der Waals surface area (Å²) in [7, 11) is 0. The zero-order valence-corrected chi connectivity index (χ0v) is 13.2. The molecule has 132 valence electrons. The van der Waals surface area contributed by atoms with Crippen LogP contribution in [0.4, 0.5) is 13.2 Å². The van der Waals surface area contributed by atoms with Gasteiger partial charge >= 0.3 is 6.18 Å². The first-order valence-corrected chi connectivity index (χ1v) is 7.79. The third-order valence-electron chi connectivity index (χ3n) is 3.89. The number of amides is 1. The third-order valence-corrected chi connectivity index (χ3v) is 3.89. The summed E-state index contributed by atoms with van der Waals surface area (Å²) < 4.78 is 37.7. The normalized spacial score (nSPS) is 17.5. The van der Waals surface area contributed by atoms with Gasteiger partial charge in [0.2, 0.25) is 5.91 Å². The number of pyridine rings is 1. The van der Waals surface area contributed by atoms with Crippen molar-refractivity contribution in [2.24, 2.45) is 0 Å². The first kappa shape index (κ1) is 17.3. The van der Waals surface area contributed by atoms with Crippen molar-refractivity contribution in [2.45, 2.75) is 31.6 Å². The molecule has 1 aliphatic rings. The van der Waals surface area contributed by atoms with E-state index in [1.54, 1.807) is 6.07 Å². The molecule has 1 atom stereocenters. The van der Waals surface area contributed by atoms with Crippen LogP contribution < -0.4 is 10.6 Å². The maximum Gasteiger partial charge on any atom is 0.433 e. The number of hydrogen-bond acceptors (Lipinski definition) is 5. The van der Waals surface area contributed by atoms with Crippen molar-refractivity contribution in [1.82, 2.24) is 25.6 Å². The lowest BCUT2D eigenvalue weighted by atomic mass is 10.1. The van der Waals surface area contributed by atoms with Crippen molar-refractivity contribution in [2.75, 3.05) is 6.54 Å². The Morgan fingerprint density at radius 1 is 1.28 bits per heavy atom. The monoisotopic (exact) mass is 351 g/mol. The number of rotatable bonds is 4. The highest BCUT2D eigenvalue weighted by Crippen LogP contribution is 2.28. The Balaban J connectivity index is 1.67. The first-order valence-electron chi connectivity index (χ1n) is 7.79. The fourth-order valence-corrected chi connectivity index (χ4v) is 2.57. The van der Waals surface area contributed by atoms with Crippen LogP contribution in [-0.4, -0.2) is 33.4 Å². The highest BCUT2D eigenvalue weighted by molar-refractivity contribution is 5.81. The molecule has 0 aliphatic carbocycles. The van der Waals surface area contributed by atoms with Crippen molar-refractivity contribution < 1.29 is 18.0 Å². The molecule has 25 heavy (non-hydrogen) atoms. The maximum atomic E-state index is 12.6. The first-order chi connectivity index (χ1) is 11.9. The number of nitrogens with one attached hydrogen (secondary N) is 2. The molecule has 1 saturated heterocycles. The fraction of sp³-hybridized carbons (Fsp3) is 0.375. The van der Waals surface area contributed by atoms with Gasteiger partial charge in [0.25, 0.3) is 0 Å². The smallest absolute Gasteiger partial charge is 0.349 e. The van der Waals surface area contributed by atoms with Gasteiger partial charge in [0.15, 0.2) is 0 Å². The molecule has 0 unspecified atom stereocenters. The van der Waals surface area contributed by atoms with Gasteiger partial charge < -0.3 is 10.6 Å². The largest absolute Gasteiger partial charge is 0.433 e. The average Bonchev–Trinajstić information content (AvgIpc) is 3.14. The van der Waals surface area contributed by atoms with E-state index >= 15 is 0 Å². The maximum absolute atomic E-state index is 12.6. The highest BCUT2D eigenvalue weighted by Gasteiger charge is 2.32. The average molecular weight is 351 g/mol. The van der Waals surface area contributed by atoms with Crippen molar-refractivity contribution in [3.63, 3.8) is 0 Å². The van der Waals surface area contributed by atoms with Crippen LogP contribution >= 0.6 is 0 Å². The van der Waals surface area contributed by atoms with Crippen molar-refractivity contribution in [3.05, 3.63) is 42.1 Å². The van der Waals surface area contributed by atoms with Crippen molar-refractivity contribution in [1.29, 1.82) is 0 Å². The Labute approximate surface area is 141 Å². The molecule has 3 rings (SSSR count). The van der Waals surface area contributed by atoms with E-state index in [9.17, 15) is 18.0 Å². The zero-order valence-electron chi connectivity index (χ0n) is 13.2. The summed E-state index contributed by atoms with van der Waals surface area (Å²) in [6.45, 7) is 1.05. The van der Waals surface area contributed by atoms with E-state index in [1.807, 2.05) is 0 Å². The summed E-state index contributed by atoms with van der Waals surface area (Å²) in [6, 6.07) is 3.65. The number of alkyl halides is 3. The summed E-state index contributed by atoms with van der Waals surface area (Å²) >= 11 is 0. The lowest BCUT2D eigenvalue weighted by Gasteiger charge is -2.11. The van der Waals surface area contributed by atoms with Gasteiger partial charge in [-0.15, -0.1) is 0 Å². The van der Waals surface area contributed by atoms with Gasteiger partial charge in [-0.3, -0.25) is 9.78 Å². The van der Waals surface area contributed by atoms with E-state index in [-0.39, 0.29) is 18.5 Å². The van der Waals surface area contributed by atoms with Crippen LogP contribution in [0.3, 0.4) is 0 Å². The van der Waals surface area contributed by atoms with E-state index < -0.39 is 11.9 Å². The number of aromatic nitrogens is 3. The van der Waals surface area contributed by atoms with Crippen LogP contribution in [0.1, 0.15) is 24.2 Å². The molecular weight excluding hydrogens is 335 g/mol. The van der Waals surface area contributed by atoms with E-state index in [1.165, 1.54) is 12.4 Å². The lowest BCUT2D eigenvalue weighted by Crippen LogP contribution is -2.40. The molecule has 2 aromatic heterocycles. The zero-order chi connectivity index (χ0) is 17.9. The van der Waals surface area contributed by atoms with Crippen LogP contribution in [-0.2, 0) is 17.5 Å². The van der Waals surface area contributed by atoms with Crippen LogP contribution in [0.25, 0.3) is 11.3 Å². The molecule has 0 saturated carbocycles. The topological polar surface area (TPSA) is 79.8 Å². The minimum absolute atomic E-state index is 0.0890. The molecule has 1 amide bonds. The lowest BCUT2D eigenvalue weighted by molar-refractivity contribution is -0.141. The second-order valence-electron chi connectivity index (χ2n) is 5.69. The molecule has 0 radical (unpaired) electrons. The van der Waals surface area contributed by atoms with E-state index in [0.717, 1.165) is 31.6 Å². The Morgan fingerprint density at radius 3 is 2.76 bits per heavy atom. The van der Waals surface area contributed by atoms with Crippen molar-refractivity contribution in [3.8, 4) is 11.3 Å². The van der Waals surface area contributed by atoms with Crippen molar-refractivity contribution >= 4 is 5.91 Å². The minimum Gasteiger partial charge on any atom is -0.349 e. The van der Waals surface area contributed by atoms with E-state index in [2.05, 4.69) is 25.6 Å². The molecular formula is C16H16F3N5O. The number of hydrogen-bond donors (Lipinski definition) is 2. The van der Waals surface area contributed by atoms with E-state index in [0.29, 0.717) is 17.0 Å². The summed E-state index contributed by atoms with van der Waals surface area (Å²) in [5.74, 6) is -0.0890. The number of nitrogens with zero attached hydrogens (tertiary/aromatic N) is 3. The van der Waals surface area contributed by atoms with Crippen LogP contribution in [0.15, 0.2) is 30.7 Å². The molecule has 3 heterocycles. The summed E-state index contributed by atoms with van der Waals surface area (Å²) in [4.78, 5) is 23.5. The number of halogens is 3. The summed E-state index contributed by atoms with van der Waals surface area (Å²) in [5.41, 5.74) is 0.498. The van der Waals surface area contributed by atoms with Crippen LogP contribution in [0.2, 0.25) is 0 Å². The third kappa shape index (κ3) is 4.30. The van der Waals surface area contributed by atoms with Crippen LogP contribution in [0, 0.1) is 0 Å². The highest BCUT2D eigenvalue weighted by atomic mass is 19.4. The second kappa shape index (κ2) is 7.14. The van der Waals surface area contributed by atoms with Gasteiger partial charge in [0.05, 0.1) is 24.0 Å². The Bertz CT molecular complexity index is 742. The second-order valence-corrected chi connectivity index (χ2v) is 5.69. The van der Waals surface area contributed by atoms with Gasteiger partial charge in [-0.1, -0.05) is 0 Å². The molecule has 1 aliphatic heterocycles. The molecule has 1 fully saturated rings. The minimum atomic E-state index is -4.48. The molecule has 0 aromatic carbocycles. The standard InChI is InChI=1S/C16H16F3N5O/c17-16(18,19)14-4-3-10(7-21-14)13-6-11(23-9-24-13)8-22-15(25)12-2-1-5-20-12/h3-4,6-7,9,12,20H,1-2,5,8H2,(H,22,25)/t12-/m0/s1. The molecule has 2 N–H and O–H groups in total. The predicted octanol–water partition coefficient (Wildman–Crippen LogP) is 1.93. The number of carbonyl (C=O) groups is 1. The summed E-state index contributed by atoms with van der Waals surface area (Å²) in [6.07, 6.45) is -0.277. The quantitative estimate of drug-likeness (QED) is 0.880. The van der Waals surface area contributed by atoms with Gasteiger partial charge in [0, 0.05) is 11.8 Å². The molecule has 2 aromatic rings. The Hall–Kier alpha value is -2.55. The predicted molar refractivity (Wildman–Crippen MR) is 83.1 cm³/mol. The molecule has 0 bridgehead atoms. The SMILES string of the molecule is O=C(NCc1cc(-c2ccc(C(F)(F)F)nc2)ncn1)[C@@H]1CCCN1. The van der Waals surface area contributed by atoms with E-state index in [4.69, 9.17) is 0 Å². The Morgan fingerprint density at radius 2 is 2.12 bits per heavy atom. The Kier molecular flexibility index (Phi) is 4.93. The molecule has 0 spiro atoms. The van der Waals surface area contributed by atoms with Gasteiger partial charge in [-0.05, 0) is 37.6 Å². The van der Waals surface area contributed by atoms with Crippen LogP contribution in [0.5, 0.6) is 0 Å². The molecule has 9 heteroatoms. The molecule has 6 nitrogen and oxygen atoms in total. The van der Waals surface area contributed by atoms with Gasteiger partial charge in [-0.2, -0.15) is 13.2 Å². The fourth-order valence-electron chi connectivity index (χ4n) is 2.57.